The van der Waals surface area contributed by atoms with Gasteiger partial charge in [-0.2, -0.15) is 0 Å². The van der Waals surface area contributed by atoms with Crippen LogP contribution in [-0.2, 0) is 4.74 Å². The molecule has 1 rings (SSSR count). The largest absolute Gasteiger partial charge is 0.380 e. The lowest BCUT2D eigenvalue weighted by Gasteiger charge is -2.14. The molecule has 1 atom stereocenters. The summed E-state index contributed by atoms with van der Waals surface area (Å²) in [4.78, 5) is 0. The van der Waals surface area contributed by atoms with E-state index in [9.17, 15) is 0 Å². The molecule has 0 radical (unpaired) electrons. The standard InChI is InChI=1S/C11H16BrNO/c1-3-14-7-11(13)9-5-4-8(2)6-10(9)12/h4-6,11H,3,7,13H2,1-2H3. The van der Waals surface area contributed by atoms with E-state index in [-0.39, 0.29) is 6.04 Å². The van der Waals surface area contributed by atoms with Crippen LogP contribution in [-0.4, -0.2) is 13.2 Å². The third-order valence-electron chi connectivity index (χ3n) is 2.06. The number of aryl methyl sites for hydroxylation is 1. The van der Waals surface area contributed by atoms with E-state index < -0.39 is 0 Å². The molecule has 1 aromatic rings. The van der Waals surface area contributed by atoms with Crippen LogP contribution in [0.25, 0.3) is 0 Å². The van der Waals surface area contributed by atoms with Gasteiger partial charge in [0.05, 0.1) is 12.6 Å². The molecule has 0 aromatic heterocycles. The number of halogens is 1. The van der Waals surface area contributed by atoms with Gasteiger partial charge in [0, 0.05) is 11.1 Å². The van der Waals surface area contributed by atoms with Crippen LogP contribution in [0.15, 0.2) is 22.7 Å². The maximum Gasteiger partial charge on any atom is 0.0659 e. The average molecular weight is 258 g/mol. The molecule has 0 aliphatic rings. The number of benzene rings is 1. The molecule has 3 heteroatoms. The maximum atomic E-state index is 5.98. The molecule has 0 fully saturated rings. The highest BCUT2D eigenvalue weighted by atomic mass is 79.9. The zero-order valence-electron chi connectivity index (χ0n) is 8.59. The van der Waals surface area contributed by atoms with Gasteiger partial charge in [0.2, 0.25) is 0 Å². The van der Waals surface area contributed by atoms with Gasteiger partial charge >= 0.3 is 0 Å². The van der Waals surface area contributed by atoms with E-state index in [2.05, 4.69) is 35.0 Å². The Morgan fingerprint density at radius 2 is 2.21 bits per heavy atom. The molecule has 0 spiro atoms. The van der Waals surface area contributed by atoms with Gasteiger partial charge in [-0.25, -0.2) is 0 Å². The molecule has 0 amide bonds. The summed E-state index contributed by atoms with van der Waals surface area (Å²) in [5, 5.41) is 0. The first kappa shape index (κ1) is 11.7. The molecule has 0 bridgehead atoms. The summed E-state index contributed by atoms with van der Waals surface area (Å²) in [5.41, 5.74) is 8.30. The van der Waals surface area contributed by atoms with Crippen LogP contribution in [0.2, 0.25) is 0 Å². The molecule has 0 saturated heterocycles. The van der Waals surface area contributed by atoms with Crippen molar-refractivity contribution in [1.82, 2.24) is 0 Å². The van der Waals surface area contributed by atoms with Crippen molar-refractivity contribution in [1.29, 1.82) is 0 Å². The highest BCUT2D eigenvalue weighted by Crippen LogP contribution is 2.23. The first-order valence-electron chi connectivity index (χ1n) is 4.74. The second-order valence-corrected chi connectivity index (χ2v) is 4.15. The number of rotatable bonds is 4. The Morgan fingerprint density at radius 3 is 2.79 bits per heavy atom. The molecule has 2 nitrogen and oxygen atoms in total. The van der Waals surface area contributed by atoms with E-state index >= 15 is 0 Å². The zero-order valence-corrected chi connectivity index (χ0v) is 10.2. The van der Waals surface area contributed by atoms with Gasteiger partial charge in [-0.15, -0.1) is 0 Å². The van der Waals surface area contributed by atoms with Gasteiger partial charge in [-0.05, 0) is 31.0 Å². The minimum atomic E-state index is -0.0510. The minimum absolute atomic E-state index is 0.0510. The average Bonchev–Trinajstić information content (AvgIpc) is 2.14. The Kier molecular flexibility index (Phi) is 4.58. The predicted molar refractivity (Wildman–Crippen MR) is 62.3 cm³/mol. The summed E-state index contributed by atoms with van der Waals surface area (Å²) >= 11 is 3.50. The third-order valence-corrected chi connectivity index (χ3v) is 2.74. The fraction of sp³-hybridized carbons (Fsp3) is 0.455. The van der Waals surface area contributed by atoms with Crippen LogP contribution in [0, 0.1) is 6.92 Å². The van der Waals surface area contributed by atoms with Crippen molar-refractivity contribution in [3.05, 3.63) is 33.8 Å². The van der Waals surface area contributed by atoms with Crippen molar-refractivity contribution in [3.63, 3.8) is 0 Å². The summed E-state index contributed by atoms with van der Waals surface area (Å²) in [5.74, 6) is 0. The van der Waals surface area contributed by atoms with Gasteiger partial charge in [-0.3, -0.25) is 0 Å². The van der Waals surface area contributed by atoms with Crippen LogP contribution in [0.5, 0.6) is 0 Å². The highest BCUT2D eigenvalue weighted by molar-refractivity contribution is 9.10. The first-order chi connectivity index (χ1) is 6.65. The van der Waals surface area contributed by atoms with Crippen LogP contribution in [0.3, 0.4) is 0 Å². The molecule has 78 valence electrons. The lowest BCUT2D eigenvalue weighted by Crippen LogP contribution is -2.17. The lowest BCUT2D eigenvalue weighted by atomic mass is 10.1. The molecule has 1 unspecified atom stereocenters. The van der Waals surface area contributed by atoms with Crippen LogP contribution >= 0.6 is 15.9 Å². The molecule has 0 aliphatic heterocycles. The first-order valence-corrected chi connectivity index (χ1v) is 5.53. The second-order valence-electron chi connectivity index (χ2n) is 3.29. The second kappa shape index (κ2) is 5.49. The van der Waals surface area contributed by atoms with Crippen molar-refractivity contribution < 1.29 is 4.74 Å². The van der Waals surface area contributed by atoms with Crippen molar-refractivity contribution in [3.8, 4) is 0 Å². The highest BCUT2D eigenvalue weighted by Gasteiger charge is 2.09. The van der Waals surface area contributed by atoms with Crippen molar-refractivity contribution in [2.24, 2.45) is 5.73 Å². The zero-order chi connectivity index (χ0) is 10.6. The van der Waals surface area contributed by atoms with E-state index in [4.69, 9.17) is 10.5 Å². The number of hydrogen-bond acceptors (Lipinski definition) is 2. The van der Waals surface area contributed by atoms with Crippen molar-refractivity contribution in [2.75, 3.05) is 13.2 Å². The van der Waals surface area contributed by atoms with E-state index in [0.717, 1.165) is 10.0 Å². The molecule has 0 saturated carbocycles. The van der Waals surface area contributed by atoms with E-state index in [1.165, 1.54) is 5.56 Å². The molecule has 0 aliphatic carbocycles. The van der Waals surface area contributed by atoms with E-state index in [0.29, 0.717) is 13.2 Å². The monoisotopic (exact) mass is 257 g/mol. The van der Waals surface area contributed by atoms with Gasteiger partial charge in [0.25, 0.3) is 0 Å². The van der Waals surface area contributed by atoms with Crippen molar-refractivity contribution >= 4 is 15.9 Å². The summed E-state index contributed by atoms with van der Waals surface area (Å²) in [6, 6.07) is 6.13. The summed E-state index contributed by atoms with van der Waals surface area (Å²) in [6.07, 6.45) is 0. The van der Waals surface area contributed by atoms with E-state index in [1.807, 2.05) is 13.0 Å². The maximum absolute atomic E-state index is 5.98. The molecular weight excluding hydrogens is 242 g/mol. The number of nitrogens with two attached hydrogens (primary N) is 1. The summed E-state index contributed by atoms with van der Waals surface area (Å²) < 4.78 is 6.35. The van der Waals surface area contributed by atoms with Crippen LogP contribution in [0.4, 0.5) is 0 Å². The smallest absolute Gasteiger partial charge is 0.0659 e. The van der Waals surface area contributed by atoms with Gasteiger partial charge < -0.3 is 10.5 Å². The fourth-order valence-electron chi connectivity index (χ4n) is 1.27. The Hall–Kier alpha value is -0.380. The summed E-state index contributed by atoms with van der Waals surface area (Å²) in [6.45, 7) is 5.30. The normalized spacial score (nSPS) is 12.9. The van der Waals surface area contributed by atoms with Crippen LogP contribution in [0.1, 0.15) is 24.1 Å². The number of hydrogen-bond donors (Lipinski definition) is 1. The van der Waals surface area contributed by atoms with Gasteiger partial charge in [0.15, 0.2) is 0 Å². The SMILES string of the molecule is CCOCC(N)c1ccc(C)cc1Br. The fourth-order valence-corrected chi connectivity index (χ4v) is 2.05. The molecule has 2 N–H and O–H groups in total. The molecule has 14 heavy (non-hydrogen) atoms. The van der Waals surface area contributed by atoms with Crippen molar-refractivity contribution in [2.45, 2.75) is 19.9 Å². The Balaban J connectivity index is 2.74. The Bertz CT molecular complexity index is 301. The third kappa shape index (κ3) is 3.08. The Morgan fingerprint density at radius 1 is 1.50 bits per heavy atom. The van der Waals surface area contributed by atoms with Gasteiger partial charge in [0.1, 0.15) is 0 Å². The summed E-state index contributed by atoms with van der Waals surface area (Å²) in [7, 11) is 0. The molecular formula is C11H16BrNO. The number of ether oxygens (including phenoxy) is 1. The quantitative estimate of drug-likeness (QED) is 0.901. The minimum Gasteiger partial charge on any atom is -0.380 e. The van der Waals surface area contributed by atoms with Gasteiger partial charge in [-0.1, -0.05) is 28.1 Å². The van der Waals surface area contributed by atoms with Crippen LogP contribution < -0.4 is 5.73 Å². The Labute approximate surface area is 93.6 Å². The topological polar surface area (TPSA) is 35.2 Å². The van der Waals surface area contributed by atoms with E-state index in [1.54, 1.807) is 0 Å². The lowest BCUT2D eigenvalue weighted by molar-refractivity contribution is 0.133. The molecule has 0 heterocycles. The molecule has 1 aromatic carbocycles. The predicted octanol–water partition coefficient (Wildman–Crippen LogP) is 2.79.